The van der Waals surface area contributed by atoms with Crippen LogP contribution in [0.15, 0.2) is 24.3 Å². The molecule has 2 aromatic rings. The molecule has 0 atom stereocenters. The number of aryl methyl sites for hydroxylation is 2. The minimum absolute atomic E-state index is 0.0516. The fourth-order valence-corrected chi connectivity index (χ4v) is 1.68. The van der Waals surface area contributed by atoms with Crippen LogP contribution in [-0.2, 0) is 0 Å². The largest absolute Gasteiger partial charge is 0.434 e. The van der Waals surface area contributed by atoms with Crippen LogP contribution in [0, 0.1) is 24.0 Å². The lowest BCUT2D eigenvalue weighted by Gasteiger charge is -2.08. The van der Waals surface area contributed by atoms with E-state index < -0.39 is 4.92 Å². The molecule has 1 aromatic heterocycles. The van der Waals surface area contributed by atoms with Crippen LogP contribution in [0.3, 0.4) is 0 Å². The summed E-state index contributed by atoms with van der Waals surface area (Å²) in [6, 6.07) is 7.10. The summed E-state index contributed by atoms with van der Waals surface area (Å²) in [4.78, 5) is 18.3. The molecule has 1 aromatic carbocycles. The van der Waals surface area contributed by atoms with E-state index in [2.05, 4.69) is 15.4 Å². The molecule has 8 heteroatoms. The Bertz CT molecular complexity index is 660. The highest BCUT2D eigenvalue weighted by Gasteiger charge is 2.24. The maximum absolute atomic E-state index is 11.1. The molecule has 0 bridgehead atoms. The fraction of sp³-hybridized carbons (Fsp3) is 0.167. The molecule has 0 radical (unpaired) electrons. The number of hydrogen-bond acceptors (Lipinski definition) is 7. The molecule has 3 N–H and O–H groups in total. The average molecular weight is 275 g/mol. The Morgan fingerprint density at radius 3 is 2.70 bits per heavy atom. The van der Waals surface area contributed by atoms with Gasteiger partial charge in [0, 0.05) is 0 Å². The number of nitrogens with two attached hydrogens (primary N) is 1. The molecule has 104 valence electrons. The van der Waals surface area contributed by atoms with E-state index in [1.54, 1.807) is 18.2 Å². The third-order valence-corrected chi connectivity index (χ3v) is 2.54. The van der Waals surface area contributed by atoms with Crippen molar-refractivity contribution in [1.82, 2.24) is 9.97 Å². The summed E-state index contributed by atoms with van der Waals surface area (Å²) in [5.74, 6) is 5.58. The zero-order chi connectivity index (χ0) is 14.7. The lowest BCUT2D eigenvalue weighted by molar-refractivity contribution is -0.386. The van der Waals surface area contributed by atoms with Crippen LogP contribution in [0.2, 0.25) is 0 Å². The van der Waals surface area contributed by atoms with Gasteiger partial charge in [-0.2, -0.15) is 4.98 Å². The second-order valence-electron chi connectivity index (χ2n) is 4.11. The van der Waals surface area contributed by atoms with E-state index >= 15 is 0 Å². The van der Waals surface area contributed by atoms with Gasteiger partial charge in [0.1, 0.15) is 11.4 Å². The molecule has 1 heterocycles. The van der Waals surface area contributed by atoms with Gasteiger partial charge in [-0.15, -0.1) is 0 Å². The van der Waals surface area contributed by atoms with Crippen LogP contribution in [-0.4, -0.2) is 14.9 Å². The summed E-state index contributed by atoms with van der Waals surface area (Å²) in [7, 11) is 0. The van der Waals surface area contributed by atoms with E-state index in [9.17, 15) is 10.1 Å². The molecular formula is C12H13N5O3. The first-order valence-electron chi connectivity index (χ1n) is 5.75. The van der Waals surface area contributed by atoms with Crippen LogP contribution in [0.1, 0.15) is 11.3 Å². The molecule has 0 spiro atoms. The number of rotatable bonds is 4. The molecule has 0 unspecified atom stereocenters. The van der Waals surface area contributed by atoms with Crippen molar-refractivity contribution >= 4 is 11.6 Å². The lowest BCUT2D eigenvalue weighted by atomic mass is 10.2. The van der Waals surface area contributed by atoms with Crippen molar-refractivity contribution < 1.29 is 9.66 Å². The normalized spacial score (nSPS) is 10.2. The standard InChI is InChI=1S/C12H13N5O3/c1-7-4-3-5-9(6-7)20-11-10(17(18)19)8(2)14-12(15-11)16-13/h3-6H,13H2,1-2H3,(H,14,15,16). The van der Waals surface area contributed by atoms with Crippen molar-refractivity contribution in [2.45, 2.75) is 13.8 Å². The number of nitrogens with one attached hydrogen (secondary N) is 1. The van der Waals surface area contributed by atoms with Gasteiger partial charge in [0.2, 0.25) is 5.95 Å². The van der Waals surface area contributed by atoms with Crippen LogP contribution >= 0.6 is 0 Å². The highest BCUT2D eigenvalue weighted by molar-refractivity contribution is 5.50. The molecule has 20 heavy (non-hydrogen) atoms. The summed E-state index contributed by atoms with van der Waals surface area (Å²) >= 11 is 0. The first kappa shape index (κ1) is 13.7. The van der Waals surface area contributed by atoms with Gasteiger partial charge >= 0.3 is 11.6 Å². The zero-order valence-corrected chi connectivity index (χ0v) is 11.0. The number of hydrogen-bond donors (Lipinski definition) is 2. The quantitative estimate of drug-likeness (QED) is 0.498. The summed E-state index contributed by atoms with van der Waals surface area (Å²) in [6.07, 6.45) is 0. The number of nitrogens with zero attached hydrogens (tertiary/aromatic N) is 3. The maximum atomic E-state index is 11.1. The second kappa shape index (κ2) is 5.49. The van der Waals surface area contributed by atoms with Gasteiger partial charge in [-0.25, -0.2) is 10.8 Å². The minimum Gasteiger partial charge on any atom is -0.434 e. The topological polar surface area (TPSA) is 116 Å². The van der Waals surface area contributed by atoms with Gasteiger partial charge in [-0.3, -0.25) is 15.5 Å². The summed E-state index contributed by atoms with van der Waals surface area (Å²) in [5, 5.41) is 11.1. The molecule has 0 fully saturated rings. The van der Waals surface area contributed by atoms with Gasteiger partial charge in [0.05, 0.1) is 4.92 Å². The van der Waals surface area contributed by atoms with E-state index in [0.717, 1.165) is 5.56 Å². The molecule has 0 aliphatic carbocycles. The van der Waals surface area contributed by atoms with Crippen LogP contribution in [0.4, 0.5) is 11.6 Å². The summed E-state index contributed by atoms with van der Waals surface area (Å²) in [5.41, 5.74) is 3.09. The predicted octanol–water partition coefficient (Wildman–Crippen LogP) is 2.08. The second-order valence-corrected chi connectivity index (χ2v) is 4.11. The monoisotopic (exact) mass is 275 g/mol. The Morgan fingerprint density at radius 1 is 1.35 bits per heavy atom. The number of aromatic nitrogens is 2. The Kier molecular flexibility index (Phi) is 3.76. The molecule has 2 rings (SSSR count). The molecular weight excluding hydrogens is 262 g/mol. The Morgan fingerprint density at radius 2 is 2.10 bits per heavy atom. The van der Waals surface area contributed by atoms with Gasteiger partial charge in [0.15, 0.2) is 0 Å². The average Bonchev–Trinajstić information content (AvgIpc) is 2.37. The van der Waals surface area contributed by atoms with Crippen molar-refractivity contribution in [1.29, 1.82) is 0 Å². The number of ether oxygens (including phenoxy) is 1. The van der Waals surface area contributed by atoms with Crippen molar-refractivity contribution in [3.63, 3.8) is 0 Å². The Balaban J connectivity index is 2.48. The molecule has 8 nitrogen and oxygen atoms in total. The summed E-state index contributed by atoms with van der Waals surface area (Å²) < 4.78 is 5.49. The smallest absolute Gasteiger partial charge is 0.352 e. The van der Waals surface area contributed by atoms with E-state index in [4.69, 9.17) is 10.6 Å². The molecule has 0 saturated carbocycles. The lowest BCUT2D eigenvalue weighted by Crippen LogP contribution is -2.12. The Labute approximate surface area is 114 Å². The van der Waals surface area contributed by atoms with Crippen LogP contribution in [0.5, 0.6) is 11.6 Å². The van der Waals surface area contributed by atoms with Gasteiger partial charge in [-0.1, -0.05) is 12.1 Å². The van der Waals surface area contributed by atoms with Crippen molar-refractivity contribution in [2.24, 2.45) is 5.84 Å². The summed E-state index contributed by atoms with van der Waals surface area (Å²) in [6.45, 7) is 3.38. The highest BCUT2D eigenvalue weighted by Crippen LogP contribution is 2.32. The third-order valence-electron chi connectivity index (χ3n) is 2.54. The highest BCUT2D eigenvalue weighted by atomic mass is 16.6. The number of benzene rings is 1. The van der Waals surface area contributed by atoms with Gasteiger partial charge in [0.25, 0.3) is 0 Å². The van der Waals surface area contributed by atoms with Crippen molar-refractivity contribution in [3.8, 4) is 11.6 Å². The molecule has 0 aliphatic rings. The zero-order valence-electron chi connectivity index (χ0n) is 11.0. The molecule has 0 saturated heterocycles. The minimum atomic E-state index is -0.583. The van der Waals surface area contributed by atoms with Crippen LogP contribution in [0.25, 0.3) is 0 Å². The number of nitro groups is 1. The molecule has 0 amide bonds. The number of anilines is 1. The van der Waals surface area contributed by atoms with E-state index in [-0.39, 0.29) is 23.2 Å². The first-order valence-corrected chi connectivity index (χ1v) is 5.75. The maximum Gasteiger partial charge on any atom is 0.352 e. The Hall–Kier alpha value is -2.74. The predicted molar refractivity (Wildman–Crippen MR) is 72.5 cm³/mol. The van der Waals surface area contributed by atoms with E-state index in [1.807, 2.05) is 13.0 Å². The van der Waals surface area contributed by atoms with Crippen molar-refractivity contribution in [2.75, 3.05) is 5.43 Å². The number of hydrazine groups is 1. The SMILES string of the molecule is Cc1cccc(Oc2nc(NN)nc(C)c2[N+](=O)[O-])c1. The van der Waals surface area contributed by atoms with Crippen LogP contribution < -0.4 is 16.0 Å². The van der Waals surface area contributed by atoms with Gasteiger partial charge < -0.3 is 4.74 Å². The van der Waals surface area contributed by atoms with Crippen molar-refractivity contribution in [3.05, 3.63) is 45.6 Å². The molecule has 0 aliphatic heterocycles. The van der Waals surface area contributed by atoms with Gasteiger partial charge in [-0.05, 0) is 31.5 Å². The third kappa shape index (κ3) is 2.81. The van der Waals surface area contributed by atoms with E-state index in [0.29, 0.717) is 5.75 Å². The fourth-order valence-electron chi connectivity index (χ4n) is 1.68. The number of nitrogen functional groups attached to an aromatic ring is 1. The first-order chi connectivity index (χ1) is 9.51. The van der Waals surface area contributed by atoms with E-state index in [1.165, 1.54) is 6.92 Å².